The Morgan fingerprint density at radius 2 is 1.50 bits per heavy atom. The predicted octanol–water partition coefficient (Wildman–Crippen LogP) is 4.82. The molecule has 1 heterocycles. The van der Waals surface area contributed by atoms with Crippen molar-refractivity contribution in [2.24, 2.45) is 0 Å². The van der Waals surface area contributed by atoms with Crippen molar-refractivity contribution in [3.8, 4) is 0 Å². The quantitative estimate of drug-likeness (QED) is 0.597. The fourth-order valence-corrected chi connectivity index (χ4v) is 2.70. The summed E-state index contributed by atoms with van der Waals surface area (Å²) in [4.78, 5) is 23.5. The van der Waals surface area contributed by atoms with Gasteiger partial charge in [-0.15, -0.1) is 11.3 Å². The maximum Gasteiger partial charge on any atom is 0.416 e. The maximum absolute atomic E-state index is 12.8. The van der Waals surface area contributed by atoms with Crippen LogP contribution in [-0.4, -0.2) is 19.0 Å². The van der Waals surface area contributed by atoms with Crippen LogP contribution in [0.15, 0.2) is 30.3 Å². The molecule has 140 valence electrons. The highest BCUT2D eigenvalue weighted by Gasteiger charge is 2.37. The Morgan fingerprint density at radius 3 is 1.96 bits per heavy atom. The molecule has 2 aromatic rings. The van der Waals surface area contributed by atoms with E-state index in [4.69, 9.17) is 0 Å². The molecule has 0 saturated heterocycles. The number of nitrogens with one attached hydrogen (secondary N) is 1. The molecule has 0 atom stereocenters. The number of anilines is 1. The zero-order valence-corrected chi connectivity index (χ0v) is 13.6. The molecule has 4 nitrogen and oxygen atoms in total. The summed E-state index contributed by atoms with van der Waals surface area (Å²) in [5.74, 6) is -1.88. The number of methoxy groups -OCH3 is 1. The smallest absolute Gasteiger partial charge is 0.416 e. The van der Waals surface area contributed by atoms with Gasteiger partial charge in [0, 0.05) is 5.56 Å². The first-order valence-electron chi connectivity index (χ1n) is 6.71. The fraction of sp³-hybridized carbons (Fsp3) is 0.200. The van der Waals surface area contributed by atoms with Crippen LogP contribution in [0.3, 0.4) is 0 Å². The molecule has 26 heavy (non-hydrogen) atoms. The van der Waals surface area contributed by atoms with Crippen molar-refractivity contribution in [3.05, 3.63) is 51.9 Å². The third kappa shape index (κ3) is 4.54. The SMILES string of the molecule is COC(=O)c1ccc(NC(=O)c2cc(C(F)(F)F)cc(C(F)(F)F)c2)s1. The summed E-state index contributed by atoms with van der Waals surface area (Å²) in [7, 11) is 1.13. The normalized spacial score (nSPS) is 12.0. The van der Waals surface area contributed by atoms with Crippen LogP contribution in [0, 0.1) is 0 Å². The van der Waals surface area contributed by atoms with E-state index in [1.54, 1.807) is 0 Å². The van der Waals surface area contributed by atoms with Gasteiger partial charge in [-0.25, -0.2) is 4.79 Å². The third-order valence-corrected chi connectivity index (χ3v) is 4.06. The Kier molecular flexibility index (Phi) is 5.31. The lowest BCUT2D eigenvalue weighted by atomic mass is 10.0. The van der Waals surface area contributed by atoms with Crippen molar-refractivity contribution in [3.63, 3.8) is 0 Å². The van der Waals surface area contributed by atoms with Crippen molar-refractivity contribution in [2.45, 2.75) is 12.4 Å². The van der Waals surface area contributed by atoms with Gasteiger partial charge in [0.25, 0.3) is 5.91 Å². The molecule has 0 unspecified atom stereocenters. The number of benzene rings is 1. The monoisotopic (exact) mass is 397 g/mol. The largest absolute Gasteiger partial charge is 0.465 e. The summed E-state index contributed by atoms with van der Waals surface area (Å²) in [6.07, 6.45) is -10.1. The van der Waals surface area contributed by atoms with E-state index in [1.165, 1.54) is 12.1 Å². The number of ether oxygens (including phenoxy) is 1. The van der Waals surface area contributed by atoms with E-state index in [1.807, 2.05) is 0 Å². The molecule has 0 spiro atoms. The van der Waals surface area contributed by atoms with Crippen LogP contribution in [0.2, 0.25) is 0 Å². The standard InChI is InChI=1S/C15H9F6NO3S/c1-25-13(24)10-2-3-11(26-10)22-12(23)7-4-8(14(16,17)18)6-9(5-7)15(19,20)21/h2-6H,1H3,(H,22,23). The molecular formula is C15H9F6NO3S. The summed E-state index contributed by atoms with van der Waals surface area (Å²) in [5, 5.41) is 2.21. The highest BCUT2D eigenvalue weighted by atomic mass is 32.1. The summed E-state index contributed by atoms with van der Waals surface area (Å²) in [6.45, 7) is 0. The van der Waals surface area contributed by atoms with Crippen LogP contribution >= 0.6 is 11.3 Å². The Hall–Kier alpha value is -2.56. The molecule has 1 aromatic heterocycles. The lowest BCUT2D eigenvalue weighted by Gasteiger charge is -2.13. The zero-order valence-electron chi connectivity index (χ0n) is 12.8. The van der Waals surface area contributed by atoms with E-state index in [9.17, 15) is 35.9 Å². The number of thiophene rings is 1. The number of carbonyl (C=O) groups excluding carboxylic acids is 2. The Labute approximate surface area is 146 Å². The second-order valence-electron chi connectivity index (χ2n) is 4.90. The number of hydrogen-bond acceptors (Lipinski definition) is 4. The average molecular weight is 397 g/mol. The van der Waals surface area contributed by atoms with Gasteiger partial charge in [-0.2, -0.15) is 26.3 Å². The highest BCUT2D eigenvalue weighted by molar-refractivity contribution is 7.18. The summed E-state index contributed by atoms with van der Waals surface area (Å²) < 4.78 is 81.3. The zero-order chi connectivity index (χ0) is 19.7. The number of esters is 1. The van der Waals surface area contributed by atoms with Crippen molar-refractivity contribution in [2.75, 3.05) is 12.4 Å². The minimum absolute atomic E-state index is 0.0568. The van der Waals surface area contributed by atoms with Gasteiger partial charge in [0.1, 0.15) is 4.88 Å². The molecule has 0 aliphatic heterocycles. The molecule has 1 aromatic carbocycles. The van der Waals surface area contributed by atoms with Gasteiger partial charge in [0.2, 0.25) is 0 Å². The molecule has 11 heteroatoms. The maximum atomic E-state index is 12.8. The van der Waals surface area contributed by atoms with E-state index >= 15 is 0 Å². The summed E-state index contributed by atoms with van der Waals surface area (Å²) >= 11 is 0.757. The van der Waals surface area contributed by atoms with Gasteiger partial charge >= 0.3 is 18.3 Å². The topological polar surface area (TPSA) is 55.4 Å². The van der Waals surface area contributed by atoms with Crippen LogP contribution in [0.4, 0.5) is 31.3 Å². The number of halogens is 6. The van der Waals surface area contributed by atoms with E-state index in [0.717, 1.165) is 18.4 Å². The van der Waals surface area contributed by atoms with Crippen LogP contribution in [-0.2, 0) is 17.1 Å². The van der Waals surface area contributed by atoms with Crippen molar-refractivity contribution in [1.82, 2.24) is 0 Å². The molecule has 0 radical (unpaired) electrons. The predicted molar refractivity (Wildman–Crippen MR) is 80.1 cm³/mol. The van der Waals surface area contributed by atoms with Gasteiger partial charge in [-0.1, -0.05) is 0 Å². The second kappa shape index (κ2) is 6.98. The molecule has 0 aliphatic rings. The highest BCUT2D eigenvalue weighted by Crippen LogP contribution is 2.36. The molecule has 2 rings (SSSR count). The molecule has 0 aliphatic carbocycles. The molecule has 0 bridgehead atoms. The van der Waals surface area contributed by atoms with Gasteiger partial charge < -0.3 is 10.1 Å². The third-order valence-electron chi connectivity index (χ3n) is 3.08. The summed E-state index contributed by atoms with van der Waals surface area (Å²) in [6, 6.07) is 3.13. The first kappa shape index (κ1) is 19.8. The Morgan fingerprint density at radius 1 is 0.962 bits per heavy atom. The number of amides is 1. The van der Waals surface area contributed by atoms with Gasteiger partial charge in [-0.05, 0) is 30.3 Å². The number of hydrogen-bond donors (Lipinski definition) is 1. The number of alkyl halides is 6. The minimum atomic E-state index is -5.06. The van der Waals surface area contributed by atoms with Crippen LogP contribution in [0.25, 0.3) is 0 Å². The van der Waals surface area contributed by atoms with Crippen molar-refractivity contribution < 1.29 is 40.7 Å². The van der Waals surface area contributed by atoms with Gasteiger partial charge in [-0.3, -0.25) is 4.79 Å². The summed E-state index contributed by atoms with van der Waals surface area (Å²) in [5.41, 5.74) is -4.02. The minimum Gasteiger partial charge on any atom is -0.465 e. The van der Waals surface area contributed by atoms with Crippen LogP contribution in [0.1, 0.15) is 31.2 Å². The molecule has 1 N–H and O–H groups in total. The number of rotatable bonds is 3. The van der Waals surface area contributed by atoms with Crippen LogP contribution in [0.5, 0.6) is 0 Å². The van der Waals surface area contributed by atoms with E-state index in [2.05, 4.69) is 10.1 Å². The molecule has 1 amide bonds. The lowest BCUT2D eigenvalue weighted by molar-refractivity contribution is -0.143. The van der Waals surface area contributed by atoms with Gasteiger partial charge in [0.15, 0.2) is 0 Å². The fourth-order valence-electron chi connectivity index (χ4n) is 1.89. The molecular weight excluding hydrogens is 388 g/mol. The van der Waals surface area contributed by atoms with Gasteiger partial charge in [0.05, 0.1) is 23.2 Å². The Bertz CT molecular complexity index is 808. The number of carbonyl (C=O) groups is 2. The molecule has 0 saturated carbocycles. The van der Waals surface area contributed by atoms with Crippen molar-refractivity contribution >= 4 is 28.2 Å². The van der Waals surface area contributed by atoms with E-state index < -0.39 is 40.9 Å². The first-order chi connectivity index (χ1) is 11.9. The van der Waals surface area contributed by atoms with E-state index in [0.29, 0.717) is 12.1 Å². The lowest BCUT2D eigenvalue weighted by Crippen LogP contribution is -2.16. The average Bonchev–Trinajstić information content (AvgIpc) is 3.00. The van der Waals surface area contributed by atoms with Crippen LogP contribution < -0.4 is 5.32 Å². The second-order valence-corrected chi connectivity index (χ2v) is 5.99. The Balaban J connectivity index is 2.36. The first-order valence-corrected chi connectivity index (χ1v) is 7.52. The van der Waals surface area contributed by atoms with E-state index in [-0.39, 0.29) is 15.9 Å². The molecule has 0 fully saturated rings. The van der Waals surface area contributed by atoms with Crippen molar-refractivity contribution in [1.29, 1.82) is 0 Å².